The van der Waals surface area contributed by atoms with Crippen molar-refractivity contribution in [3.8, 4) is 5.75 Å². The zero-order chi connectivity index (χ0) is 16.8. The van der Waals surface area contributed by atoms with E-state index < -0.39 is 0 Å². The summed E-state index contributed by atoms with van der Waals surface area (Å²) < 4.78 is 5.40. The van der Waals surface area contributed by atoms with Crippen LogP contribution in [-0.4, -0.2) is 67.1 Å². The molecule has 24 heavy (non-hydrogen) atoms. The van der Waals surface area contributed by atoms with Gasteiger partial charge in [-0.05, 0) is 43.6 Å². The zero-order valence-electron chi connectivity index (χ0n) is 14.5. The number of aliphatic imine (C=N–C) groups is 1. The molecule has 1 atom stereocenters. The fraction of sp³-hybridized carbons (Fsp3) is 0.611. The van der Waals surface area contributed by atoms with Crippen molar-refractivity contribution in [1.29, 1.82) is 0 Å². The van der Waals surface area contributed by atoms with Gasteiger partial charge in [0.25, 0.3) is 0 Å². The van der Waals surface area contributed by atoms with Gasteiger partial charge in [-0.1, -0.05) is 12.1 Å². The molecule has 5 nitrogen and oxygen atoms in total. The summed E-state index contributed by atoms with van der Waals surface area (Å²) in [6, 6.07) is 8.64. The number of rotatable bonds is 5. The molecule has 3 rings (SSSR count). The van der Waals surface area contributed by atoms with E-state index in [0.717, 1.165) is 43.4 Å². The topological polar surface area (TPSA) is 54.1 Å². The third-order valence-electron chi connectivity index (χ3n) is 4.82. The maximum atomic E-state index is 6.25. The Bertz CT molecular complexity index is 554. The number of ether oxygens (including phenoxy) is 1. The van der Waals surface area contributed by atoms with Crippen LogP contribution in [0.15, 0.2) is 29.3 Å². The number of nitrogens with two attached hydrogens (primary N) is 1. The normalized spacial score (nSPS) is 21.0. The van der Waals surface area contributed by atoms with E-state index in [9.17, 15) is 0 Å². The average molecular weight is 349 g/mol. The van der Waals surface area contributed by atoms with Gasteiger partial charge >= 0.3 is 0 Å². The van der Waals surface area contributed by atoms with Gasteiger partial charge in [-0.25, -0.2) is 0 Å². The van der Waals surface area contributed by atoms with Crippen molar-refractivity contribution in [3.63, 3.8) is 0 Å². The van der Waals surface area contributed by atoms with Crippen molar-refractivity contribution in [1.82, 2.24) is 9.80 Å². The van der Waals surface area contributed by atoms with E-state index >= 15 is 0 Å². The number of guanidine groups is 1. The molecule has 2 aliphatic rings. The summed E-state index contributed by atoms with van der Waals surface area (Å²) in [4.78, 5) is 9.49. The number of hydrogen-bond acceptors (Lipinski definition) is 4. The lowest BCUT2D eigenvalue weighted by molar-refractivity contribution is 0.250. The Morgan fingerprint density at radius 1 is 1.25 bits per heavy atom. The highest BCUT2D eigenvalue weighted by Crippen LogP contribution is 2.28. The van der Waals surface area contributed by atoms with E-state index in [4.69, 9.17) is 15.5 Å². The van der Waals surface area contributed by atoms with E-state index in [0.29, 0.717) is 12.5 Å². The minimum Gasteiger partial charge on any atom is -0.497 e. The van der Waals surface area contributed by atoms with Crippen LogP contribution in [0.2, 0.25) is 0 Å². The van der Waals surface area contributed by atoms with Crippen LogP contribution in [0, 0.1) is 0 Å². The summed E-state index contributed by atoms with van der Waals surface area (Å²) in [5.41, 5.74) is 7.52. The lowest BCUT2D eigenvalue weighted by Gasteiger charge is -2.29. The summed E-state index contributed by atoms with van der Waals surface area (Å²) in [5.74, 6) is 3.88. The molecule has 1 unspecified atom stereocenters. The molecule has 0 amide bonds. The summed E-state index contributed by atoms with van der Waals surface area (Å²) >= 11 is 1.99. The molecule has 0 radical (unpaired) electrons. The average Bonchev–Trinajstić information content (AvgIpc) is 3.17. The number of nitrogens with zero attached hydrogens (tertiary/aromatic N) is 3. The molecule has 2 fully saturated rings. The molecular weight excluding hydrogens is 320 g/mol. The molecule has 2 N–H and O–H groups in total. The first-order chi connectivity index (χ1) is 11.8. The number of likely N-dealkylation sites (tertiary alicyclic amines) is 1. The summed E-state index contributed by atoms with van der Waals surface area (Å²) in [5, 5.41) is 0. The number of thioether (sulfide) groups is 1. The van der Waals surface area contributed by atoms with Gasteiger partial charge in [0.05, 0.1) is 19.7 Å². The second-order valence-electron chi connectivity index (χ2n) is 6.33. The number of methoxy groups -OCH3 is 1. The summed E-state index contributed by atoms with van der Waals surface area (Å²) in [6.07, 6.45) is 2.53. The molecule has 0 spiro atoms. The molecule has 2 heterocycles. The molecule has 0 bridgehead atoms. The molecule has 1 aromatic rings. The molecule has 6 heteroatoms. The lowest BCUT2D eigenvalue weighted by atomic mass is 10.1. The zero-order valence-corrected chi connectivity index (χ0v) is 15.3. The largest absolute Gasteiger partial charge is 0.497 e. The molecule has 0 aliphatic carbocycles. The minimum absolute atomic E-state index is 0.278. The smallest absolute Gasteiger partial charge is 0.191 e. The maximum absolute atomic E-state index is 6.25. The summed E-state index contributed by atoms with van der Waals surface area (Å²) in [6.45, 7) is 5.00. The van der Waals surface area contributed by atoms with E-state index in [1.54, 1.807) is 7.11 Å². The van der Waals surface area contributed by atoms with Gasteiger partial charge in [0.15, 0.2) is 5.96 Å². The highest BCUT2D eigenvalue weighted by atomic mass is 32.2. The Hall–Kier alpha value is -1.40. The van der Waals surface area contributed by atoms with Crippen LogP contribution < -0.4 is 10.5 Å². The van der Waals surface area contributed by atoms with Crippen LogP contribution in [-0.2, 0) is 0 Å². The van der Waals surface area contributed by atoms with Gasteiger partial charge < -0.3 is 15.4 Å². The molecule has 2 saturated heterocycles. The molecule has 0 aromatic heterocycles. The van der Waals surface area contributed by atoms with Crippen LogP contribution in [0.5, 0.6) is 5.75 Å². The van der Waals surface area contributed by atoms with Crippen molar-refractivity contribution >= 4 is 17.7 Å². The monoisotopic (exact) mass is 348 g/mol. The highest BCUT2D eigenvalue weighted by molar-refractivity contribution is 7.99. The molecule has 0 saturated carbocycles. The van der Waals surface area contributed by atoms with Crippen molar-refractivity contribution in [2.24, 2.45) is 10.7 Å². The van der Waals surface area contributed by atoms with E-state index in [2.05, 4.69) is 28.0 Å². The third-order valence-corrected chi connectivity index (χ3v) is 5.76. The van der Waals surface area contributed by atoms with Crippen LogP contribution >= 0.6 is 11.8 Å². The molecular formula is C18H28N4OS. The SMILES string of the molecule is COc1cccc(C(CN=C(N)N2CCSCC2)N2CCCC2)c1. The fourth-order valence-electron chi connectivity index (χ4n) is 3.41. The van der Waals surface area contributed by atoms with Crippen LogP contribution in [0.25, 0.3) is 0 Å². The van der Waals surface area contributed by atoms with Gasteiger partial charge in [0, 0.05) is 24.6 Å². The third kappa shape index (κ3) is 4.36. The Morgan fingerprint density at radius 2 is 2.00 bits per heavy atom. The lowest BCUT2D eigenvalue weighted by Crippen LogP contribution is -2.43. The van der Waals surface area contributed by atoms with E-state index in [1.165, 1.54) is 18.4 Å². The number of hydrogen-bond donors (Lipinski definition) is 1. The Balaban J connectivity index is 1.74. The first-order valence-electron chi connectivity index (χ1n) is 8.78. The second-order valence-corrected chi connectivity index (χ2v) is 7.56. The first kappa shape index (κ1) is 17.4. The van der Waals surface area contributed by atoms with Crippen molar-refractivity contribution in [3.05, 3.63) is 29.8 Å². The minimum atomic E-state index is 0.278. The van der Waals surface area contributed by atoms with Crippen molar-refractivity contribution in [2.75, 3.05) is 51.3 Å². The van der Waals surface area contributed by atoms with E-state index in [-0.39, 0.29) is 6.04 Å². The van der Waals surface area contributed by atoms with Gasteiger partial charge in [-0.15, -0.1) is 0 Å². The van der Waals surface area contributed by atoms with Crippen LogP contribution in [0.3, 0.4) is 0 Å². The summed E-state index contributed by atoms with van der Waals surface area (Å²) in [7, 11) is 1.72. The van der Waals surface area contributed by atoms with Crippen molar-refractivity contribution < 1.29 is 4.74 Å². The van der Waals surface area contributed by atoms with E-state index in [1.807, 2.05) is 17.8 Å². The Kier molecular flexibility index (Phi) is 6.26. The Labute approximate surface area is 149 Å². The first-order valence-corrected chi connectivity index (χ1v) is 9.94. The van der Waals surface area contributed by atoms with Crippen LogP contribution in [0.4, 0.5) is 0 Å². The van der Waals surface area contributed by atoms with Gasteiger partial charge in [-0.2, -0.15) is 11.8 Å². The van der Waals surface area contributed by atoms with Gasteiger partial charge in [0.2, 0.25) is 0 Å². The second kappa shape index (κ2) is 8.62. The van der Waals surface area contributed by atoms with Gasteiger partial charge in [0.1, 0.15) is 5.75 Å². The highest BCUT2D eigenvalue weighted by Gasteiger charge is 2.24. The van der Waals surface area contributed by atoms with Crippen molar-refractivity contribution in [2.45, 2.75) is 18.9 Å². The maximum Gasteiger partial charge on any atom is 0.191 e. The number of benzene rings is 1. The van der Waals surface area contributed by atoms with Crippen LogP contribution in [0.1, 0.15) is 24.4 Å². The quantitative estimate of drug-likeness (QED) is 0.653. The molecule has 2 aliphatic heterocycles. The fourth-order valence-corrected chi connectivity index (χ4v) is 4.31. The predicted molar refractivity (Wildman–Crippen MR) is 102 cm³/mol. The van der Waals surface area contributed by atoms with Gasteiger partial charge in [-0.3, -0.25) is 9.89 Å². The Morgan fingerprint density at radius 3 is 2.71 bits per heavy atom. The standard InChI is InChI=1S/C18H28N4OS/c1-23-16-6-4-5-15(13-16)17(21-7-2-3-8-21)14-20-18(19)22-9-11-24-12-10-22/h4-6,13,17H,2-3,7-12,14H2,1H3,(H2,19,20). The predicted octanol–water partition coefficient (Wildman–Crippen LogP) is 2.20. The molecule has 1 aromatic carbocycles. The molecule has 132 valence electrons.